The van der Waals surface area contributed by atoms with Gasteiger partial charge in [-0.2, -0.15) is 4.98 Å². The Morgan fingerprint density at radius 1 is 1.45 bits per heavy atom. The Labute approximate surface area is 120 Å². The van der Waals surface area contributed by atoms with Gasteiger partial charge in [-0.05, 0) is 25.8 Å². The van der Waals surface area contributed by atoms with Gasteiger partial charge in [0.1, 0.15) is 10.6 Å². The fourth-order valence-electron chi connectivity index (χ4n) is 2.05. The third kappa shape index (κ3) is 2.82. The van der Waals surface area contributed by atoms with E-state index in [2.05, 4.69) is 20.6 Å². The minimum Gasteiger partial charge on any atom is -0.368 e. The molecule has 1 amide bonds. The van der Waals surface area contributed by atoms with Crippen LogP contribution >= 0.6 is 11.3 Å². The Morgan fingerprint density at radius 2 is 2.25 bits per heavy atom. The van der Waals surface area contributed by atoms with Crippen molar-refractivity contribution < 1.29 is 4.79 Å². The van der Waals surface area contributed by atoms with Gasteiger partial charge in [-0.15, -0.1) is 11.3 Å². The molecular weight excluding hydrogens is 274 g/mol. The molecule has 2 aromatic heterocycles. The number of hydrogen-bond donors (Lipinski definition) is 3. The van der Waals surface area contributed by atoms with Crippen molar-refractivity contribution in [2.24, 2.45) is 5.92 Å². The second-order valence-corrected chi connectivity index (χ2v) is 6.23. The van der Waals surface area contributed by atoms with Crippen LogP contribution in [0.3, 0.4) is 0 Å². The molecular formula is C13H17N5OS. The number of nitrogens with zero attached hydrogens (tertiary/aromatic N) is 2. The molecule has 0 bridgehead atoms. The van der Waals surface area contributed by atoms with Crippen molar-refractivity contribution >= 4 is 39.2 Å². The van der Waals surface area contributed by atoms with Crippen LogP contribution in [0.5, 0.6) is 0 Å². The number of fused-ring (bicyclic) bond motifs is 1. The lowest BCUT2D eigenvalue weighted by Crippen LogP contribution is -2.30. The lowest BCUT2D eigenvalue weighted by molar-refractivity contribution is -0.122. The van der Waals surface area contributed by atoms with E-state index in [9.17, 15) is 4.79 Å². The number of thiophene rings is 1. The number of aryl methyl sites for hydroxylation is 1. The highest BCUT2D eigenvalue weighted by Crippen LogP contribution is 2.29. The fraction of sp³-hybridized carbons (Fsp3) is 0.462. The molecule has 0 unspecified atom stereocenters. The molecule has 106 valence electrons. The smallest absolute Gasteiger partial charge is 0.223 e. The second-order valence-electron chi connectivity index (χ2n) is 5.00. The van der Waals surface area contributed by atoms with Crippen LogP contribution in [0, 0.1) is 12.8 Å². The maximum atomic E-state index is 11.5. The fourth-order valence-corrected chi connectivity index (χ4v) is 2.94. The quantitative estimate of drug-likeness (QED) is 0.726. The molecule has 7 heteroatoms. The Kier molecular flexibility index (Phi) is 3.43. The van der Waals surface area contributed by atoms with Crippen molar-refractivity contribution in [1.82, 2.24) is 15.3 Å². The molecule has 1 fully saturated rings. The van der Waals surface area contributed by atoms with Gasteiger partial charge in [0.25, 0.3) is 0 Å². The van der Waals surface area contributed by atoms with Crippen molar-refractivity contribution in [3.63, 3.8) is 0 Å². The molecule has 20 heavy (non-hydrogen) atoms. The zero-order chi connectivity index (χ0) is 14.1. The van der Waals surface area contributed by atoms with Crippen LogP contribution in [0.15, 0.2) is 6.07 Å². The lowest BCUT2D eigenvalue weighted by Gasteiger charge is -2.08. The van der Waals surface area contributed by atoms with Crippen LogP contribution in [0.2, 0.25) is 0 Å². The Balaban J connectivity index is 1.62. The number of rotatable bonds is 5. The average molecular weight is 291 g/mol. The summed E-state index contributed by atoms with van der Waals surface area (Å²) in [7, 11) is 0. The summed E-state index contributed by atoms with van der Waals surface area (Å²) in [5.41, 5.74) is 5.71. The molecule has 4 N–H and O–H groups in total. The van der Waals surface area contributed by atoms with Crippen molar-refractivity contribution in [3.8, 4) is 0 Å². The molecule has 0 aromatic carbocycles. The predicted octanol–water partition coefficient (Wildman–Crippen LogP) is 1.52. The molecule has 1 aliphatic rings. The van der Waals surface area contributed by atoms with E-state index in [0.29, 0.717) is 13.1 Å². The number of carbonyl (C=O) groups excluding carboxylic acids is 1. The molecule has 0 saturated heterocycles. The highest BCUT2D eigenvalue weighted by molar-refractivity contribution is 7.18. The summed E-state index contributed by atoms with van der Waals surface area (Å²) >= 11 is 1.60. The minimum atomic E-state index is 0.158. The number of aromatic nitrogens is 2. The van der Waals surface area contributed by atoms with Crippen molar-refractivity contribution in [1.29, 1.82) is 0 Å². The molecule has 1 aliphatic carbocycles. The third-order valence-electron chi connectivity index (χ3n) is 3.20. The first-order valence-electron chi connectivity index (χ1n) is 6.69. The minimum absolute atomic E-state index is 0.158. The van der Waals surface area contributed by atoms with Crippen LogP contribution < -0.4 is 16.4 Å². The molecule has 2 heterocycles. The zero-order valence-electron chi connectivity index (χ0n) is 11.3. The first-order valence-corrected chi connectivity index (χ1v) is 7.50. The van der Waals surface area contributed by atoms with Crippen LogP contribution in [0.25, 0.3) is 10.2 Å². The van der Waals surface area contributed by atoms with E-state index < -0.39 is 0 Å². The molecule has 0 aliphatic heterocycles. The predicted molar refractivity (Wildman–Crippen MR) is 80.8 cm³/mol. The van der Waals surface area contributed by atoms with E-state index in [1.54, 1.807) is 11.3 Å². The van der Waals surface area contributed by atoms with Gasteiger partial charge in [-0.3, -0.25) is 4.79 Å². The van der Waals surface area contributed by atoms with E-state index in [1.807, 2.05) is 13.0 Å². The SMILES string of the molecule is Cc1cc2c(NCCNC(=O)C3CC3)nc(N)nc2s1. The number of anilines is 2. The number of nitrogen functional groups attached to an aromatic ring is 1. The Morgan fingerprint density at radius 3 is 3.00 bits per heavy atom. The molecule has 3 rings (SSSR count). The highest BCUT2D eigenvalue weighted by atomic mass is 32.1. The summed E-state index contributed by atoms with van der Waals surface area (Å²) < 4.78 is 0. The van der Waals surface area contributed by atoms with Gasteiger partial charge in [-0.25, -0.2) is 4.98 Å². The second kappa shape index (κ2) is 5.24. The molecule has 6 nitrogen and oxygen atoms in total. The van der Waals surface area contributed by atoms with Gasteiger partial charge < -0.3 is 16.4 Å². The van der Waals surface area contributed by atoms with Gasteiger partial charge in [0.15, 0.2) is 0 Å². The standard InChI is InChI=1S/C13H17N5OS/c1-7-6-9-10(17-13(14)18-12(9)20-7)15-4-5-16-11(19)8-2-3-8/h6,8H,2-5H2,1H3,(H,16,19)(H3,14,15,17,18). The largest absolute Gasteiger partial charge is 0.368 e. The average Bonchev–Trinajstić information content (AvgIpc) is 3.17. The summed E-state index contributed by atoms with van der Waals surface area (Å²) in [6.07, 6.45) is 2.05. The number of nitrogens with one attached hydrogen (secondary N) is 2. The first kappa shape index (κ1) is 13.1. The highest BCUT2D eigenvalue weighted by Gasteiger charge is 2.28. The first-order chi connectivity index (χ1) is 9.63. The maximum Gasteiger partial charge on any atom is 0.223 e. The maximum absolute atomic E-state index is 11.5. The summed E-state index contributed by atoms with van der Waals surface area (Å²) in [4.78, 5) is 22.0. The lowest BCUT2D eigenvalue weighted by atomic mass is 10.3. The Bertz CT molecular complexity index is 649. The topological polar surface area (TPSA) is 92.9 Å². The van der Waals surface area contributed by atoms with Crippen LogP contribution in [0.4, 0.5) is 11.8 Å². The van der Waals surface area contributed by atoms with Crippen LogP contribution in [-0.4, -0.2) is 29.0 Å². The Hall–Kier alpha value is -1.89. The van der Waals surface area contributed by atoms with Crippen molar-refractivity contribution in [2.45, 2.75) is 19.8 Å². The summed E-state index contributed by atoms with van der Waals surface area (Å²) in [6.45, 7) is 3.24. The number of nitrogens with two attached hydrogens (primary N) is 1. The number of amides is 1. The van der Waals surface area contributed by atoms with Crippen LogP contribution in [-0.2, 0) is 4.79 Å². The monoisotopic (exact) mass is 291 g/mol. The summed E-state index contributed by atoms with van der Waals surface area (Å²) in [6, 6.07) is 2.05. The van der Waals surface area contributed by atoms with Gasteiger partial charge >= 0.3 is 0 Å². The van der Waals surface area contributed by atoms with Gasteiger partial charge in [-0.1, -0.05) is 0 Å². The molecule has 0 spiro atoms. The summed E-state index contributed by atoms with van der Waals surface area (Å²) in [5.74, 6) is 1.41. The zero-order valence-corrected chi connectivity index (χ0v) is 12.1. The van der Waals surface area contributed by atoms with Gasteiger partial charge in [0.05, 0.1) is 5.39 Å². The number of hydrogen-bond acceptors (Lipinski definition) is 6. The van der Waals surface area contributed by atoms with E-state index >= 15 is 0 Å². The van der Waals surface area contributed by atoms with Crippen LogP contribution in [0.1, 0.15) is 17.7 Å². The summed E-state index contributed by atoms with van der Waals surface area (Å²) in [5, 5.41) is 7.11. The molecule has 1 saturated carbocycles. The van der Waals surface area contributed by atoms with Crippen molar-refractivity contribution in [2.75, 3.05) is 24.1 Å². The molecule has 2 aromatic rings. The van der Waals surface area contributed by atoms with Gasteiger partial charge in [0, 0.05) is 23.9 Å². The van der Waals surface area contributed by atoms with E-state index in [0.717, 1.165) is 28.9 Å². The molecule has 0 atom stereocenters. The van der Waals surface area contributed by atoms with E-state index in [4.69, 9.17) is 5.73 Å². The number of carbonyl (C=O) groups is 1. The normalized spacial score (nSPS) is 14.4. The molecule has 0 radical (unpaired) electrons. The van der Waals surface area contributed by atoms with E-state index in [-0.39, 0.29) is 17.8 Å². The third-order valence-corrected chi connectivity index (χ3v) is 4.14. The van der Waals surface area contributed by atoms with Crippen molar-refractivity contribution in [3.05, 3.63) is 10.9 Å². The van der Waals surface area contributed by atoms with E-state index in [1.165, 1.54) is 4.88 Å². The van der Waals surface area contributed by atoms with Gasteiger partial charge in [0.2, 0.25) is 11.9 Å².